The molecule has 0 aromatic rings. The number of carbonyl (C=O) groups excluding carboxylic acids is 1. The van der Waals surface area contributed by atoms with E-state index in [4.69, 9.17) is 4.74 Å². The number of hydrogen-bond donors (Lipinski definition) is 0. The molecule has 130 valence electrons. The summed E-state index contributed by atoms with van der Waals surface area (Å²) in [7, 11) is 0. The van der Waals surface area contributed by atoms with Crippen LogP contribution in [0, 0.1) is 34.5 Å². The molecule has 7 unspecified atom stereocenters. The molecule has 0 aliphatic heterocycles. The van der Waals surface area contributed by atoms with E-state index < -0.39 is 0 Å². The maximum Gasteiger partial charge on any atom is 0.302 e. The summed E-state index contributed by atoms with van der Waals surface area (Å²) in [6.07, 6.45) is 14.0. The van der Waals surface area contributed by atoms with E-state index in [0.717, 1.165) is 30.1 Å². The van der Waals surface area contributed by atoms with Crippen molar-refractivity contribution in [3.05, 3.63) is 0 Å². The minimum atomic E-state index is -0.0815. The van der Waals surface area contributed by atoms with Crippen molar-refractivity contribution in [3.8, 4) is 0 Å². The summed E-state index contributed by atoms with van der Waals surface area (Å²) < 4.78 is 5.76. The third kappa shape index (κ3) is 2.30. The van der Waals surface area contributed by atoms with Crippen molar-refractivity contribution in [3.63, 3.8) is 0 Å². The minimum Gasteiger partial charge on any atom is -0.462 e. The standard InChI is InChI=1S/C21H34O2/c1-14(22)23-19-10-9-17-16-8-7-15-6-4-5-12-20(15,2)18(16)11-13-21(17,19)3/h15-19H,4-13H2,1-3H3. The molecule has 0 bridgehead atoms. The highest BCUT2D eigenvalue weighted by molar-refractivity contribution is 5.66. The summed E-state index contributed by atoms with van der Waals surface area (Å²) in [6, 6.07) is 0. The van der Waals surface area contributed by atoms with E-state index in [2.05, 4.69) is 13.8 Å². The monoisotopic (exact) mass is 318 g/mol. The molecule has 0 amide bonds. The van der Waals surface area contributed by atoms with Crippen molar-refractivity contribution >= 4 is 5.97 Å². The predicted octanol–water partition coefficient (Wildman–Crippen LogP) is 5.35. The lowest BCUT2D eigenvalue weighted by molar-refractivity contribution is -0.161. The molecule has 4 aliphatic rings. The number of rotatable bonds is 1. The summed E-state index contributed by atoms with van der Waals surface area (Å²) in [5, 5.41) is 0. The highest BCUT2D eigenvalue weighted by Gasteiger charge is 2.60. The van der Waals surface area contributed by atoms with Gasteiger partial charge in [0.15, 0.2) is 0 Å². The summed E-state index contributed by atoms with van der Waals surface area (Å²) in [5.41, 5.74) is 0.868. The van der Waals surface area contributed by atoms with Crippen LogP contribution in [0.3, 0.4) is 0 Å². The number of carbonyl (C=O) groups is 1. The first-order valence-corrected chi connectivity index (χ1v) is 10.1. The van der Waals surface area contributed by atoms with Crippen molar-refractivity contribution in [2.45, 2.75) is 91.1 Å². The fraction of sp³-hybridized carbons (Fsp3) is 0.952. The van der Waals surface area contributed by atoms with Gasteiger partial charge >= 0.3 is 5.97 Å². The Balaban J connectivity index is 1.59. The van der Waals surface area contributed by atoms with E-state index in [1.54, 1.807) is 6.92 Å². The van der Waals surface area contributed by atoms with E-state index in [9.17, 15) is 4.79 Å². The smallest absolute Gasteiger partial charge is 0.302 e. The summed E-state index contributed by atoms with van der Waals surface area (Å²) >= 11 is 0. The number of ether oxygens (including phenoxy) is 1. The van der Waals surface area contributed by atoms with Crippen molar-refractivity contribution < 1.29 is 9.53 Å². The van der Waals surface area contributed by atoms with Crippen molar-refractivity contribution in [2.75, 3.05) is 0 Å². The molecular weight excluding hydrogens is 284 g/mol. The quantitative estimate of drug-likeness (QED) is 0.609. The second kappa shape index (κ2) is 5.49. The van der Waals surface area contributed by atoms with Crippen LogP contribution in [0.2, 0.25) is 0 Å². The van der Waals surface area contributed by atoms with E-state index in [1.165, 1.54) is 57.8 Å². The van der Waals surface area contributed by atoms with Crippen LogP contribution in [0.15, 0.2) is 0 Å². The van der Waals surface area contributed by atoms with Crippen LogP contribution < -0.4 is 0 Å². The molecule has 0 aromatic carbocycles. The van der Waals surface area contributed by atoms with Gasteiger partial charge in [0.25, 0.3) is 0 Å². The van der Waals surface area contributed by atoms with Crippen molar-refractivity contribution in [2.24, 2.45) is 34.5 Å². The van der Waals surface area contributed by atoms with Crippen LogP contribution in [0.4, 0.5) is 0 Å². The van der Waals surface area contributed by atoms with Crippen LogP contribution in [-0.4, -0.2) is 12.1 Å². The Morgan fingerprint density at radius 3 is 2.43 bits per heavy atom. The Labute approximate surface area is 141 Å². The first-order chi connectivity index (χ1) is 10.9. The molecule has 0 saturated heterocycles. The zero-order chi connectivity index (χ0) is 16.2. The van der Waals surface area contributed by atoms with E-state index in [0.29, 0.717) is 5.41 Å². The normalized spacial score (nSPS) is 52.2. The van der Waals surface area contributed by atoms with Gasteiger partial charge in [-0.1, -0.05) is 26.7 Å². The summed E-state index contributed by atoms with van der Waals surface area (Å²) in [5.74, 6) is 3.55. The van der Waals surface area contributed by atoms with E-state index in [-0.39, 0.29) is 17.5 Å². The molecule has 2 heteroatoms. The van der Waals surface area contributed by atoms with Gasteiger partial charge in [-0.3, -0.25) is 4.79 Å². The molecule has 0 radical (unpaired) electrons. The first kappa shape index (κ1) is 16.0. The van der Waals surface area contributed by atoms with Gasteiger partial charge in [-0.05, 0) is 80.5 Å². The molecule has 4 fully saturated rings. The Hall–Kier alpha value is -0.530. The lowest BCUT2D eigenvalue weighted by Crippen LogP contribution is -2.53. The fourth-order valence-corrected chi connectivity index (χ4v) is 7.64. The Morgan fingerprint density at radius 2 is 1.65 bits per heavy atom. The molecule has 0 N–H and O–H groups in total. The van der Waals surface area contributed by atoms with Crippen LogP contribution in [0.5, 0.6) is 0 Å². The van der Waals surface area contributed by atoms with Gasteiger partial charge in [0.2, 0.25) is 0 Å². The largest absolute Gasteiger partial charge is 0.462 e. The minimum absolute atomic E-state index is 0.0815. The summed E-state index contributed by atoms with van der Waals surface area (Å²) in [6.45, 7) is 6.65. The van der Waals surface area contributed by atoms with Crippen molar-refractivity contribution in [1.82, 2.24) is 0 Å². The lowest BCUT2D eigenvalue weighted by Gasteiger charge is -2.60. The molecule has 4 aliphatic carbocycles. The number of fused-ring (bicyclic) bond motifs is 5. The molecule has 0 heterocycles. The second-order valence-electron chi connectivity index (χ2n) is 9.62. The zero-order valence-corrected chi connectivity index (χ0v) is 15.3. The predicted molar refractivity (Wildman–Crippen MR) is 91.9 cm³/mol. The first-order valence-electron chi connectivity index (χ1n) is 10.1. The van der Waals surface area contributed by atoms with Crippen LogP contribution in [0.25, 0.3) is 0 Å². The Morgan fingerprint density at radius 1 is 0.870 bits per heavy atom. The molecule has 7 atom stereocenters. The molecular formula is C21H34O2. The maximum atomic E-state index is 11.5. The van der Waals surface area contributed by atoms with Gasteiger partial charge in [0.1, 0.15) is 6.10 Å². The van der Waals surface area contributed by atoms with Gasteiger partial charge in [-0.2, -0.15) is 0 Å². The van der Waals surface area contributed by atoms with Gasteiger partial charge in [0, 0.05) is 12.3 Å². The highest BCUT2D eigenvalue weighted by atomic mass is 16.5. The third-order valence-corrected chi connectivity index (χ3v) is 8.80. The van der Waals surface area contributed by atoms with Crippen molar-refractivity contribution in [1.29, 1.82) is 0 Å². The number of esters is 1. The third-order valence-electron chi connectivity index (χ3n) is 8.80. The average Bonchev–Trinajstić information content (AvgIpc) is 2.83. The van der Waals surface area contributed by atoms with E-state index in [1.807, 2.05) is 0 Å². The molecule has 0 spiro atoms. The Kier molecular flexibility index (Phi) is 3.81. The van der Waals surface area contributed by atoms with Crippen LogP contribution in [0.1, 0.15) is 85.0 Å². The molecule has 23 heavy (non-hydrogen) atoms. The fourth-order valence-electron chi connectivity index (χ4n) is 7.64. The lowest BCUT2D eigenvalue weighted by atomic mass is 9.45. The van der Waals surface area contributed by atoms with Gasteiger partial charge < -0.3 is 4.74 Å². The van der Waals surface area contributed by atoms with E-state index >= 15 is 0 Å². The van der Waals surface area contributed by atoms with Gasteiger partial charge in [0.05, 0.1) is 0 Å². The Bertz CT molecular complexity index is 486. The molecule has 4 saturated carbocycles. The second-order valence-corrected chi connectivity index (χ2v) is 9.62. The molecule has 0 aromatic heterocycles. The van der Waals surface area contributed by atoms with Gasteiger partial charge in [-0.25, -0.2) is 0 Å². The topological polar surface area (TPSA) is 26.3 Å². The van der Waals surface area contributed by atoms with Crippen LogP contribution >= 0.6 is 0 Å². The van der Waals surface area contributed by atoms with Gasteiger partial charge in [-0.15, -0.1) is 0 Å². The SMILES string of the molecule is CC(=O)OC1CCC2C3CCC4CCCCC4(C)C3CCC12C. The molecule has 2 nitrogen and oxygen atoms in total. The highest BCUT2D eigenvalue weighted by Crippen LogP contribution is 2.66. The molecule has 4 rings (SSSR count). The zero-order valence-electron chi connectivity index (χ0n) is 15.3. The number of hydrogen-bond acceptors (Lipinski definition) is 2. The van der Waals surface area contributed by atoms with Crippen LogP contribution in [-0.2, 0) is 9.53 Å². The average molecular weight is 319 g/mol. The summed E-state index contributed by atoms with van der Waals surface area (Å²) in [4.78, 5) is 11.5. The maximum absolute atomic E-state index is 11.5.